The van der Waals surface area contributed by atoms with Crippen molar-refractivity contribution in [3.63, 3.8) is 0 Å². The molecule has 1 aromatic carbocycles. The Balaban J connectivity index is 2.34. The van der Waals surface area contributed by atoms with Crippen LogP contribution in [0.25, 0.3) is 0 Å². The molecule has 18 heavy (non-hydrogen) atoms. The number of nitrogens with zero attached hydrogens (tertiary/aromatic N) is 1. The van der Waals surface area contributed by atoms with Crippen LogP contribution in [0.2, 0.25) is 0 Å². The van der Waals surface area contributed by atoms with Gasteiger partial charge in [0.1, 0.15) is 5.82 Å². The number of hydrogen-bond acceptors (Lipinski definition) is 2. The summed E-state index contributed by atoms with van der Waals surface area (Å²) in [7, 11) is 0. The maximum atomic E-state index is 4.34. The molecule has 0 saturated carbocycles. The van der Waals surface area contributed by atoms with E-state index in [-0.39, 0.29) is 0 Å². The maximum absolute atomic E-state index is 4.34. The normalized spacial score (nSPS) is 10.5. The minimum absolute atomic E-state index is 0.805. The molecule has 0 aliphatic heterocycles. The molecule has 1 N–H and O–H groups in total. The maximum Gasteiger partial charge on any atom is 0.144 e. The van der Waals surface area contributed by atoms with E-state index in [1.54, 1.807) is 6.20 Å². The second-order valence-electron chi connectivity index (χ2n) is 4.03. The number of pyridine rings is 1. The third-order valence-electron chi connectivity index (χ3n) is 2.51. The summed E-state index contributed by atoms with van der Waals surface area (Å²) in [6.07, 6.45) is 1.77. The van der Waals surface area contributed by atoms with E-state index in [0.717, 1.165) is 24.9 Å². The Kier molecular flexibility index (Phi) is 4.45. The topological polar surface area (TPSA) is 24.9 Å². The number of aryl methyl sites for hydroxylation is 2. The van der Waals surface area contributed by atoms with Crippen molar-refractivity contribution in [3.8, 4) is 0 Å². The van der Waals surface area contributed by atoms with Gasteiger partial charge in [-0.2, -0.15) is 0 Å². The van der Waals surface area contributed by atoms with Crippen LogP contribution >= 0.6 is 47.8 Å². The van der Waals surface area contributed by atoms with Gasteiger partial charge >= 0.3 is 0 Å². The molecule has 1 heterocycles. The molecule has 0 bridgehead atoms. The van der Waals surface area contributed by atoms with Gasteiger partial charge in [0.25, 0.3) is 0 Å². The average molecular weight is 435 g/mol. The van der Waals surface area contributed by atoms with Crippen LogP contribution in [0.1, 0.15) is 11.1 Å². The van der Waals surface area contributed by atoms with Crippen molar-refractivity contribution in [3.05, 3.63) is 48.9 Å². The molecule has 0 fully saturated rings. The van der Waals surface area contributed by atoms with Gasteiger partial charge in [-0.05, 0) is 75.0 Å². The van der Waals surface area contributed by atoms with Gasteiger partial charge in [0.05, 0.1) is 4.47 Å². The predicted octanol–water partition coefficient (Wildman–Crippen LogP) is 5.73. The minimum Gasteiger partial charge on any atom is -0.339 e. The third kappa shape index (κ3) is 3.13. The summed E-state index contributed by atoms with van der Waals surface area (Å²) < 4.78 is 3.02. The largest absolute Gasteiger partial charge is 0.339 e. The number of anilines is 2. The zero-order valence-corrected chi connectivity index (χ0v) is 14.6. The van der Waals surface area contributed by atoms with Crippen molar-refractivity contribution in [2.45, 2.75) is 13.8 Å². The Labute approximate surface area is 132 Å². The summed E-state index contributed by atoms with van der Waals surface area (Å²) in [5.74, 6) is 0.805. The van der Waals surface area contributed by atoms with Gasteiger partial charge in [-0.1, -0.05) is 15.9 Å². The van der Waals surface area contributed by atoms with Crippen LogP contribution in [0.4, 0.5) is 11.5 Å². The van der Waals surface area contributed by atoms with E-state index in [2.05, 4.69) is 84.1 Å². The number of benzene rings is 1. The first-order chi connectivity index (χ1) is 8.47. The Morgan fingerprint density at radius 3 is 2.17 bits per heavy atom. The van der Waals surface area contributed by atoms with E-state index in [1.807, 2.05) is 6.07 Å². The molecule has 94 valence electrons. The van der Waals surface area contributed by atoms with Crippen molar-refractivity contribution < 1.29 is 0 Å². The van der Waals surface area contributed by atoms with Crippen LogP contribution in [-0.4, -0.2) is 4.98 Å². The van der Waals surface area contributed by atoms with E-state index in [9.17, 15) is 0 Å². The number of aromatic nitrogens is 1. The molecule has 5 heteroatoms. The lowest BCUT2D eigenvalue weighted by Gasteiger charge is -2.11. The highest BCUT2D eigenvalue weighted by Crippen LogP contribution is 2.29. The fourth-order valence-electron chi connectivity index (χ4n) is 1.66. The molecule has 0 spiro atoms. The molecule has 0 aliphatic rings. The third-order valence-corrected chi connectivity index (χ3v) is 4.80. The van der Waals surface area contributed by atoms with Gasteiger partial charge in [-0.3, -0.25) is 0 Å². The van der Waals surface area contributed by atoms with Crippen molar-refractivity contribution in [1.82, 2.24) is 4.98 Å². The molecule has 1 aromatic heterocycles. The average Bonchev–Trinajstić information content (AvgIpc) is 2.29. The lowest BCUT2D eigenvalue weighted by Crippen LogP contribution is -1.96. The molecular weight excluding hydrogens is 424 g/mol. The summed E-state index contributed by atoms with van der Waals surface area (Å²) in [6.45, 7) is 4.15. The van der Waals surface area contributed by atoms with Crippen LogP contribution in [-0.2, 0) is 0 Å². The monoisotopic (exact) mass is 432 g/mol. The number of nitrogens with one attached hydrogen (secondary N) is 1. The van der Waals surface area contributed by atoms with E-state index >= 15 is 0 Å². The van der Waals surface area contributed by atoms with Crippen LogP contribution < -0.4 is 5.32 Å². The first-order valence-corrected chi connectivity index (χ1v) is 7.70. The Morgan fingerprint density at radius 1 is 1.00 bits per heavy atom. The van der Waals surface area contributed by atoms with Crippen LogP contribution in [0.5, 0.6) is 0 Å². The van der Waals surface area contributed by atoms with E-state index in [1.165, 1.54) is 11.1 Å². The van der Waals surface area contributed by atoms with Crippen molar-refractivity contribution >= 4 is 59.3 Å². The highest BCUT2D eigenvalue weighted by molar-refractivity contribution is 9.11. The van der Waals surface area contributed by atoms with Crippen molar-refractivity contribution in [1.29, 1.82) is 0 Å². The van der Waals surface area contributed by atoms with Crippen molar-refractivity contribution in [2.75, 3.05) is 5.32 Å². The first-order valence-electron chi connectivity index (χ1n) is 5.32. The van der Waals surface area contributed by atoms with Crippen LogP contribution in [0, 0.1) is 13.8 Å². The quantitative estimate of drug-likeness (QED) is 0.652. The van der Waals surface area contributed by atoms with E-state index in [0.29, 0.717) is 0 Å². The smallest absolute Gasteiger partial charge is 0.144 e. The molecular formula is C13H11Br3N2. The second-order valence-corrected chi connectivity index (χ2v) is 6.60. The van der Waals surface area contributed by atoms with Crippen molar-refractivity contribution in [2.24, 2.45) is 0 Å². The SMILES string of the molecule is Cc1cc(Nc2ncc(Br)cc2Br)cc(C)c1Br. The van der Waals surface area contributed by atoms with Crippen LogP contribution in [0.3, 0.4) is 0 Å². The lowest BCUT2D eigenvalue weighted by atomic mass is 10.1. The predicted molar refractivity (Wildman–Crippen MR) is 86.5 cm³/mol. The van der Waals surface area contributed by atoms with Gasteiger partial charge in [0.15, 0.2) is 0 Å². The summed E-state index contributed by atoms with van der Waals surface area (Å²) in [5, 5.41) is 3.31. The first kappa shape index (κ1) is 14.0. The fraction of sp³-hybridized carbons (Fsp3) is 0.154. The number of hydrogen-bond donors (Lipinski definition) is 1. The molecule has 0 saturated heterocycles. The highest BCUT2D eigenvalue weighted by Gasteiger charge is 2.06. The molecule has 0 atom stereocenters. The summed E-state index contributed by atoms with van der Waals surface area (Å²) >= 11 is 10.4. The van der Waals surface area contributed by atoms with Gasteiger partial charge in [0.2, 0.25) is 0 Å². The summed E-state index contributed by atoms with van der Waals surface area (Å²) in [4.78, 5) is 4.34. The molecule has 2 rings (SSSR count). The lowest BCUT2D eigenvalue weighted by molar-refractivity contribution is 1.26. The molecule has 0 unspecified atom stereocenters. The van der Waals surface area contributed by atoms with E-state index in [4.69, 9.17) is 0 Å². The Bertz CT molecular complexity index is 574. The zero-order valence-electron chi connectivity index (χ0n) is 9.89. The fourth-order valence-corrected chi connectivity index (χ4v) is 2.98. The standard InChI is InChI=1S/C13H11Br3N2/c1-7-3-10(4-8(2)12(7)16)18-13-11(15)5-9(14)6-17-13/h3-6H,1-2H3,(H,17,18). The molecule has 0 radical (unpaired) electrons. The molecule has 0 amide bonds. The Hall–Kier alpha value is -0.390. The van der Waals surface area contributed by atoms with Crippen LogP contribution in [0.15, 0.2) is 37.8 Å². The van der Waals surface area contributed by atoms with Gasteiger partial charge in [0, 0.05) is 20.8 Å². The van der Waals surface area contributed by atoms with Gasteiger partial charge < -0.3 is 5.32 Å². The molecule has 0 aliphatic carbocycles. The van der Waals surface area contributed by atoms with Gasteiger partial charge in [-0.15, -0.1) is 0 Å². The van der Waals surface area contributed by atoms with E-state index < -0.39 is 0 Å². The molecule has 2 nitrogen and oxygen atoms in total. The zero-order chi connectivity index (χ0) is 13.3. The molecule has 2 aromatic rings. The second kappa shape index (κ2) is 5.72. The number of rotatable bonds is 2. The highest BCUT2D eigenvalue weighted by atomic mass is 79.9. The Morgan fingerprint density at radius 2 is 1.61 bits per heavy atom. The van der Waals surface area contributed by atoms with Gasteiger partial charge in [-0.25, -0.2) is 4.98 Å². The summed E-state index contributed by atoms with van der Waals surface area (Å²) in [5.41, 5.74) is 3.43. The minimum atomic E-state index is 0.805. The number of halogens is 3. The summed E-state index contributed by atoms with van der Waals surface area (Å²) in [6, 6.07) is 6.15.